The Labute approximate surface area is 128 Å². The van der Waals surface area contributed by atoms with Crippen molar-refractivity contribution in [3.8, 4) is 0 Å². The van der Waals surface area contributed by atoms with Gasteiger partial charge in [-0.2, -0.15) is 5.10 Å². The monoisotopic (exact) mass is 346 g/mol. The summed E-state index contributed by atoms with van der Waals surface area (Å²) in [4.78, 5) is 15.9. The number of halogens is 1. The van der Waals surface area contributed by atoms with Gasteiger partial charge in [0.05, 0.1) is 11.7 Å². The number of rotatable bonds is 3. The first-order valence-electron chi connectivity index (χ1n) is 6.20. The molecule has 2 heterocycles. The molecule has 3 rings (SSSR count). The lowest BCUT2D eigenvalue weighted by Crippen LogP contribution is -2.14. The summed E-state index contributed by atoms with van der Waals surface area (Å²) in [6, 6.07) is 11.2. The van der Waals surface area contributed by atoms with Crippen LogP contribution in [0.3, 0.4) is 0 Å². The summed E-state index contributed by atoms with van der Waals surface area (Å²) in [6.07, 6.45) is 1.08. The number of nitrogens with zero attached hydrogens (tertiary/aromatic N) is 2. The molecule has 0 spiro atoms. The average molecular weight is 347 g/mol. The van der Waals surface area contributed by atoms with Crippen LogP contribution in [0.4, 0.5) is 10.6 Å². The number of carbonyl (C=O) groups excluding carboxylic acids is 1. The van der Waals surface area contributed by atoms with Gasteiger partial charge in [-0.3, -0.25) is 10.4 Å². The van der Waals surface area contributed by atoms with Crippen molar-refractivity contribution in [3.63, 3.8) is 0 Å². The summed E-state index contributed by atoms with van der Waals surface area (Å²) < 4.78 is 5.81. The van der Waals surface area contributed by atoms with Gasteiger partial charge in [0.2, 0.25) is 0 Å². The highest BCUT2D eigenvalue weighted by Gasteiger charge is 2.11. The molecule has 0 unspecified atom stereocenters. The minimum absolute atomic E-state index is 0.209. The van der Waals surface area contributed by atoms with Crippen molar-refractivity contribution in [1.82, 2.24) is 15.2 Å². The van der Waals surface area contributed by atoms with Crippen molar-refractivity contribution < 1.29 is 9.53 Å². The second kappa shape index (κ2) is 5.92. The summed E-state index contributed by atoms with van der Waals surface area (Å²) in [6.45, 7) is 0.209. The Bertz CT molecular complexity index is 773. The Kier molecular flexibility index (Phi) is 3.83. The lowest BCUT2D eigenvalue weighted by molar-refractivity contribution is 0.155. The zero-order chi connectivity index (χ0) is 14.7. The quantitative estimate of drug-likeness (QED) is 0.711. The summed E-state index contributed by atoms with van der Waals surface area (Å²) in [7, 11) is 0. The zero-order valence-corrected chi connectivity index (χ0v) is 12.4. The van der Waals surface area contributed by atoms with Crippen molar-refractivity contribution in [1.29, 1.82) is 0 Å². The van der Waals surface area contributed by atoms with Gasteiger partial charge in [0.25, 0.3) is 0 Å². The van der Waals surface area contributed by atoms with E-state index in [2.05, 4.69) is 36.4 Å². The number of carbonyl (C=O) groups is 1. The largest absolute Gasteiger partial charge is 0.444 e. The number of anilines is 1. The molecule has 7 heteroatoms. The van der Waals surface area contributed by atoms with Crippen molar-refractivity contribution in [2.45, 2.75) is 6.61 Å². The highest BCUT2D eigenvalue weighted by Crippen LogP contribution is 2.22. The van der Waals surface area contributed by atoms with Gasteiger partial charge in [0.1, 0.15) is 11.2 Å². The fourth-order valence-corrected chi connectivity index (χ4v) is 2.17. The number of aromatic amines is 1. The Morgan fingerprint density at radius 3 is 2.95 bits per heavy atom. The van der Waals surface area contributed by atoms with E-state index in [4.69, 9.17) is 4.74 Å². The van der Waals surface area contributed by atoms with E-state index in [1.54, 1.807) is 12.3 Å². The summed E-state index contributed by atoms with van der Waals surface area (Å²) in [5.41, 5.74) is 1.66. The third-order valence-electron chi connectivity index (χ3n) is 2.85. The Morgan fingerprint density at radius 1 is 1.33 bits per heavy atom. The van der Waals surface area contributed by atoms with Crippen molar-refractivity contribution >= 4 is 38.7 Å². The molecule has 0 aliphatic heterocycles. The minimum Gasteiger partial charge on any atom is -0.444 e. The number of hydrogen-bond acceptors (Lipinski definition) is 4. The number of fused-ring (bicyclic) bond motifs is 1. The van der Waals surface area contributed by atoms with Gasteiger partial charge in [-0.25, -0.2) is 9.78 Å². The summed E-state index contributed by atoms with van der Waals surface area (Å²) in [5.74, 6) is 0.408. The molecule has 2 N–H and O–H groups in total. The maximum absolute atomic E-state index is 11.8. The molecular weight excluding hydrogens is 336 g/mol. The molecule has 0 saturated heterocycles. The minimum atomic E-state index is -0.555. The highest BCUT2D eigenvalue weighted by atomic mass is 79.9. The smallest absolute Gasteiger partial charge is 0.413 e. The van der Waals surface area contributed by atoms with Gasteiger partial charge in [0.15, 0.2) is 5.82 Å². The molecule has 0 fully saturated rings. The molecule has 1 aromatic carbocycles. The predicted octanol–water partition coefficient (Wildman–Crippen LogP) is 3.47. The summed E-state index contributed by atoms with van der Waals surface area (Å²) >= 11 is 3.28. The third-order valence-corrected chi connectivity index (χ3v) is 3.28. The molecule has 106 valence electrons. The van der Waals surface area contributed by atoms with Crippen molar-refractivity contribution in [3.05, 3.63) is 52.8 Å². The van der Waals surface area contributed by atoms with E-state index in [-0.39, 0.29) is 6.61 Å². The van der Waals surface area contributed by atoms with Crippen molar-refractivity contribution in [2.75, 3.05) is 5.32 Å². The number of nitrogens with one attached hydrogen (secondary N) is 2. The first kappa shape index (κ1) is 13.6. The SMILES string of the molecule is O=C(Nc1n[nH]c2cnc(Br)cc12)OCc1ccccc1. The fraction of sp³-hybridized carbons (Fsp3) is 0.0714. The van der Waals surface area contributed by atoms with Gasteiger partial charge < -0.3 is 4.74 Å². The van der Waals surface area contributed by atoms with E-state index in [1.807, 2.05) is 30.3 Å². The predicted molar refractivity (Wildman–Crippen MR) is 81.8 cm³/mol. The number of pyridine rings is 1. The van der Waals surface area contributed by atoms with Crippen molar-refractivity contribution in [2.24, 2.45) is 0 Å². The molecule has 2 aromatic heterocycles. The number of aromatic nitrogens is 3. The summed E-state index contributed by atoms with van der Waals surface area (Å²) in [5, 5.41) is 10.2. The average Bonchev–Trinajstić information content (AvgIpc) is 2.88. The van der Waals surface area contributed by atoms with Crippen LogP contribution in [-0.2, 0) is 11.3 Å². The molecule has 0 radical (unpaired) electrons. The van der Waals surface area contributed by atoms with Crippen LogP contribution < -0.4 is 5.32 Å². The highest BCUT2D eigenvalue weighted by molar-refractivity contribution is 9.10. The van der Waals surface area contributed by atoms with E-state index in [0.717, 1.165) is 16.5 Å². The first-order chi connectivity index (χ1) is 10.2. The van der Waals surface area contributed by atoms with Crippen LogP contribution in [0.5, 0.6) is 0 Å². The van der Waals surface area contributed by atoms with Crippen LogP contribution in [0.2, 0.25) is 0 Å². The molecular formula is C14H11BrN4O2. The molecule has 0 saturated carbocycles. The number of H-pyrrole nitrogens is 1. The normalized spacial score (nSPS) is 10.5. The molecule has 3 aromatic rings. The van der Waals surface area contributed by atoms with E-state index >= 15 is 0 Å². The van der Waals surface area contributed by atoms with Crippen LogP contribution in [0.25, 0.3) is 10.9 Å². The molecule has 0 aliphatic rings. The van der Waals surface area contributed by atoms with E-state index in [1.165, 1.54) is 0 Å². The molecule has 0 aliphatic carbocycles. The number of benzene rings is 1. The molecule has 0 atom stereocenters. The van der Waals surface area contributed by atoms with E-state index < -0.39 is 6.09 Å². The number of ether oxygens (including phenoxy) is 1. The lowest BCUT2D eigenvalue weighted by atomic mass is 10.2. The standard InChI is InChI=1S/C14H11BrN4O2/c15-12-6-10-11(7-16-12)18-19-13(10)17-14(20)21-8-9-4-2-1-3-5-9/h1-7H,8H2,(H2,17,18,19,20). The number of hydrogen-bond donors (Lipinski definition) is 2. The third kappa shape index (κ3) is 3.19. The van der Waals surface area contributed by atoms with Crippen LogP contribution in [0, 0.1) is 0 Å². The fourth-order valence-electron chi connectivity index (χ4n) is 1.84. The Morgan fingerprint density at radius 2 is 2.14 bits per heavy atom. The van der Waals surface area contributed by atoms with E-state index in [9.17, 15) is 4.79 Å². The second-order valence-corrected chi connectivity index (χ2v) is 5.12. The molecule has 1 amide bonds. The Balaban J connectivity index is 1.67. The maximum Gasteiger partial charge on any atom is 0.413 e. The van der Waals surface area contributed by atoms with Gasteiger partial charge in [-0.05, 0) is 27.6 Å². The first-order valence-corrected chi connectivity index (χ1v) is 6.99. The zero-order valence-electron chi connectivity index (χ0n) is 10.8. The van der Waals surface area contributed by atoms with Gasteiger partial charge in [0, 0.05) is 5.39 Å². The second-order valence-electron chi connectivity index (χ2n) is 4.31. The molecule has 6 nitrogen and oxygen atoms in total. The van der Waals surface area contributed by atoms with Gasteiger partial charge in [-0.15, -0.1) is 0 Å². The molecule has 0 bridgehead atoms. The van der Waals surface area contributed by atoms with Crippen LogP contribution in [0.15, 0.2) is 47.2 Å². The topological polar surface area (TPSA) is 79.9 Å². The van der Waals surface area contributed by atoms with Crippen LogP contribution in [0.1, 0.15) is 5.56 Å². The Hall–Kier alpha value is -2.41. The maximum atomic E-state index is 11.8. The van der Waals surface area contributed by atoms with Gasteiger partial charge >= 0.3 is 6.09 Å². The van der Waals surface area contributed by atoms with Crippen LogP contribution >= 0.6 is 15.9 Å². The van der Waals surface area contributed by atoms with E-state index in [0.29, 0.717) is 10.4 Å². The molecule has 21 heavy (non-hydrogen) atoms. The number of amides is 1. The van der Waals surface area contributed by atoms with Crippen LogP contribution in [-0.4, -0.2) is 21.3 Å². The lowest BCUT2D eigenvalue weighted by Gasteiger charge is -2.05. The van der Waals surface area contributed by atoms with Gasteiger partial charge in [-0.1, -0.05) is 30.3 Å².